The summed E-state index contributed by atoms with van der Waals surface area (Å²) in [4.78, 5) is 15.3. The summed E-state index contributed by atoms with van der Waals surface area (Å²) in [5.74, 6) is 0.632. The molecule has 1 aliphatic rings. The van der Waals surface area contributed by atoms with Crippen molar-refractivity contribution >= 4 is 29.0 Å². The topological polar surface area (TPSA) is 66.6 Å². The van der Waals surface area contributed by atoms with E-state index in [1.807, 2.05) is 12.1 Å². The number of nitrogens with zero attached hydrogens (tertiary/aromatic N) is 1. The number of para-hydroxylation sites is 1. The molecule has 0 aromatic heterocycles. The molecule has 102 valence electrons. The van der Waals surface area contributed by atoms with Crippen molar-refractivity contribution in [3.8, 4) is 5.75 Å². The summed E-state index contributed by atoms with van der Waals surface area (Å²) in [6.45, 7) is 0.605. The molecule has 2 aromatic rings. The standard InChI is InChI=1S/C15H14N2O2S/c16-10-5-6-14-12(9-10)17(7-8-20-14)15(19)11-3-1-2-4-13(11)18/h1-6,9,18H,7-8,16H2. The third-order valence-electron chi connectivity index (χ3n) is 3.23. The second-order valence-electron chi connectivity index (χ2n) is 4.55. The summed E-state index contributed by atoms with van der Waals surface area (Å²) in [5.41, 5.74) is 7.57. The summed E-state index contributed by atoms with van der Waals surface area (Å²) < 4.78 is 0. The van der Waals surface area contributed by atoms with Crippen LogP contribution in [0.4, 0.5) is 11.4 Å². The number of nitrogen functional groups attached to an aromatic ring is 1. The molecular formula is C15H14N2O2S. The number of nitrogens with two attached hydrogens (primary N) is 1. The molecule has 1 amide bonds. The van der Waals surface area contributed by atoms with Gasteiger partial charge in [0.1, 0.15) is 5.75 Å². The van der Waals surface area contributed by atoms with Gasteiger partial charge in [-0.25, -0.2) is 0 Å². The van der Waals surface area contributed by atoms with Gasteiger partial charge in [-0.15, -0.1) is 11.8 Å². The second-order valence-corrected chi connectivity index (χ2v) is 5.69. The van der Waals surface area contributed by atoms with Crippen LogP contribution >= 0.6 is 11.8 Å². The number of carbonyl (C=O) groups is 1. The van der Waals surface area contributed by atoms with E-state index in [2.05, 4.69) is 0 Å². The molecule has 2 aromatic carbocycles. The van der Waals surface area contributed by atoms with Crippen molar-refractivity contribution in [2.45, 2.75) is 4.90 Å². The van der Waals surface area contributed by atoms with Crippen LogP contribution in [0.5, 0.6) is 5.75 Å². The summed E-state index contributed by atoms with van der Waals surface area (Å²) in [6, 6.07) is 12.2. The van der Waals surface area contributed by atoms with Crippen molar-refractivity contribution in [1.82, 2.24) is 0 Å². The first-order chi connectivity index (χ1) is 9.66. The highest BCUT2D eigenvalue weighted by atomic mass is 32.2. The SMILES string of the molecule is Nc1ccc2c(c1)N(C(=O)c1ccccc1O)CCS2. The molecule has 1 aliphatic heterocycles. The summed E-state index contributed by atoms with van der Waals surface area (Å²) >= 11 is 1.71. The van der Waals surface area contributed by atoms with Gasteiger partial charge >= 0.3 is 0 Å². The van der Waals surface area contributed by atoms with Crippen LogP contribution in [0.25, 0.3) is 0 Å². The lowest BCUT2D eigenvalue weighted by Crippen LogP contribution is -2.35. The van der Waals surface area contributed by atoms with E-state index in [1.54, 1.807) is 40.9 Å². The van der Waals surface area contributed by atoms with E-state index in [-0.39, 0.29) is 11.7 Å². The predicted molar refractivity (Wildman–Crippen MR) is 81.4 cm³/mol. The normalized spacial score (nSPS) is 13.9. The number of benzene rings is 2. The lowest BCUT2D eigenvalue weighted by Gasteiger charge is -2.29. The van der Waals surface area contributed by atoms with Crippen molar-refractivity contribution in [2.24, 2.45) is 0 Å². The van der Waals surface area contributed by atoms with E-state index in [4.69, 9.17) is 5.73 Å². The Kier molecular flexibility index (Phi) is 3.28. The fourth-order valence-corrected chi connectivity index (χ4v) is 3.22. The van der Waals surface area contributed by atoms with E-state index in [0.717, 1.165) is 16.3 Å². The molecule has 0 fully saturated rings. The molecule has 0 unspecified atom stereocenters. The van der Waals surface area contributed by atoms with Gasteiger partial charge < -0.3 is 15.7 Å². The number of phenolic OH excluding ortho intramolecular Hbond substituents is 1. The Morgan fingerprint density at radius 1 is 1.25 bits per heavy atom. The van der Waals surface area contributed by atoms with Crippen LogP contribution in [0.2, 0.25) is 0 Å². The summed E-state index contributed by atoms with van der Waals surface area (Å²) in [7, 11) is 0. The molecule has 3 rings (SSSR count). The summed E-state index contributed by atoms with van der Waals surface area (Å²) in [6.07, 6.45) is 0. The number of fused-ring (bicyclic) bond motifs is 1. The maximum Gasteiger partial charge on any atom is 0.262 e. The predicted octanol–water partition coefficient (Wildman–Crippen LogP) is 2.73. The Labute approximate surface area is 121 Å². The molecule has 0 atom stereocenters. The number of aromatic hydroxyl groups is 1. The lowest BCUT2D eigenvalue weighted by atomic mass is 10.1. The first-order valence-electron chi connectivity index (χ1n) is 6.29. The minimum absolute atomic E-state index is 0.00109. The number of phenols is 1. The number of amides is 1. The van der Waals surface area contributed by atoms with Gasteiger partial charge in [-0.3, -0.25) is 4.79 Å². The van der Waals surface area contributed by atoms with Gasteiger partial charge in [0.15, 0.2) is 0 Å². The molecule has 20 heavy (non-hydrogen) atoms. The highest BCUT2D eigenvalue weighted by molar-refractivity contribution is 7.99. The van der Waals surface area contributed by atoms with Crippen LogP contribution in [-0.4, -0.2) is 23.3 Å². The average molecular weight is 286 g/mol. The molecule has 0 saturated carbocycles. The molecule has 0 saturated heterocycles. The highest BCUT2D eigenvalue weighted by Crippen LogP contribution is 2.37. The zero-order valence-corrected chi connectivity index (χ0v) is 11.6. The highest BCUT2D eigenvalue weighted by Gasteiger charge is 2.25. The fraction of sp³-hybridized carbons (Fsp3) is 0.133. The van der Waals surface area contributed by atoms with Gasteiger partial charge in [-0.05, 0) is 30.3 Å². The fourth-order valence-electron chi connectivity index (χ4n) is 2.25. The third-order valence-corrected chi connectivity index (χ3v) is 4.27. The van der Waals surface area contributed by atoms with Crippen molar-refractivity contribution in [3.63, 3.8) is 0 Å². The van der Waals surface area contributed by atoms with E-state index < -0.39 is 0 Å². The Morgan fingerprint density at radius 2 is 2.05 bits per heavy atom. The van der Waals surface area contributed by atoms with E-state index in [9.17, 15) is 9.90 Å². The van der Waals surface area contributed by atoms with Gasteiger partial charge in [-0.1, -0.05) is 12.1 Å². The molecular weight excluding hydrogens is 272 g/mol. The van der Waals surface area contributed by atoms with Gasteiger partial charge in [0.2, 0.25) is 0 Å². The molecule has 0 spiro atoms. The molecule has 0 aliphatic carbocycles. The first kappa shape index (κ1) is 12.9. The maximum atomic E-state index is 12.6. The molecule has 0 radical (unpaired) electrons. The van der Waals surface area contributed by atoms with E-state index in [0.29, 0.717) is 17.8 Å². The lowest BCUT2D eigenvalue weighted by molar-refractivity contribution is 0.0985. The van der Waals surface area contributed by atoms with Crippen molar-refractivity contribution in [3.05, 3.63) is 48.0 Å². The monoisotopic (exact) mass is 286 g/mol. The summed E-state index contributed by atoms with van der Waals surface area (Å²) in [5, 5.41) is 9.84. The molecule has 5 heteroatoms. The van der Waals surface area contributed by atoms with Crippen LogP contribution in [-0.2, 0) is 0 Å². The largest absolute Gasteiger partial charge is 0.507 e. The van der Waals surface area contributed by atoms with Gasteiger partial charge in [-0.2, -0.15) is 0 Å². The molecule has 3 N–H and O–H groups in total. The van der Waals surface area contributed by atoms with Crippen molar-refractivity contribution in [2.75, 3.05) is 22.9 Å². The Morgan fingerprint density at radius 3 is 2.85 bits per heavy atom. The number of hydrogen-bond acceptors (Lipinski definition) is 4. The quantitative estimate of drug-likeness (QED) is 0.791. The number of anilines is 2. The van der Waals surface area contributed by atoms with Crippen molar-refractivity contribution in [1.29, 1.82) is 0 Å². The minimum atomic E-state index is -0.199. The van der Waals surface area contributed by atoms with Gasteiger partial charge in [0.05, 0.1) is 11.3 Å². The van der Waals surface area contributed by atoms with E-state index >= 15 is 0 Å². The molecule has 0 bridgehead atoms. The van der Waals surface area contributed by atoms with E-state index in [1.165, 1.54) is 6.07 Å². The smallest absolute Gasteiger partial charge is 0.262 e. The van der Waals surface area contributed by atoms with Crippen LogP contribution in [0.1, 0.15) is 10.4 Å². The molecule has 1 heterocycles. The zero-order valence-electron chi connectivity index (χ0n) is 10.7. The average Bonchev–Trinajstić information content (AvgIpc) is 2.46. The molecule has 4 nitrogen and oxygen atoms in total. The zero-order chi connectivity index (χ0) is 14.1. The van der Waals surface area contributed by atoms with Crippen LogP contribution in [0.15, 0.2) is 47.4 Å². The van der Waals surface area contributed by atoms with Gasteiger partial charge in [0.25, 0.3) is 5.91 Å². The Hall–Kier alpha value is -2.14. The van der Waals surface area contributed by atoms with Crippen LogP contribution < -0.4 is 10.6 Å². The van der Waals surface area contributed by atoms with Crippen LogP contribution in [0.3, 0.4) is 0 Å². The number of rotatable bonds is 1. The second kappa shape index (κ2) is 5.09. The maximum absolute atomic E-state index is 12.6. The number of hydrogen-bond donors (Lipinski definition) is 2. The Balaban J connectivity index is 2.03. The number of thioether (sulfide) groups is 1. The third kappa shape index (κ3) is 2.20. The number of carbonyl (C=O) groups excluding carboxylic acids is 1. The van der Waals surface area contributed by atoms with Crippen molar-refractivity contribution < 1.29 is 9.90 Å². The van der Waals surface area contributed by atoms with Gasteiger partial charge in [0, 0.05) is 22.9 Å². The first-order valence-corrected chi connectivity index (χ1v) is 7.27. The van der Waals surface area contributed by atoms with Crippen LogP contribution in [0, 0.1) is 0 Å². The Bertz CT molecular complexity index is 673. The minimum Gasteiger partial charge on any atom is -0.507 e.